The summed E-state index contributed by atoms with van der Waals surface area (Å²) in [5, 5.41) is 16.8. The van der Waals surface area contributed by atoms with E-state index >= 15 is 0 Å². The number of fused-ring (bicyclic) bond motifs is 1. The van der Waals surface area contributed by atoms with Gasteiger partial charge in [-0.3, -0.25) is 14.4 Å². The van der Waals surface area contributed by atoms with Gasteiger partial charge in [-0.2, -0.15) is 5.26 Å². The Morgan fingerprint density at radius 2 is 1.92 bits per heavy atom. The SMILES string of the molecule is CC(=O)c1ccc(NC(=O)CSC2=C(C#N)[C@@H](c3ccc4c(c3)OCO4)C3=C(CCCC3=O)N2)cc1. The van der Waals surface area contributed by atoms with Gasteiger partial charge in [-0.15, -0.1) is 0 Å². The van der Waals surface area contributed by atoms with Crippen molar-refractivity contribution in [1.29, 1.82) is 5.26 Å². The van der Waals surface area contributed by atoms with Crippen LogP contribution in [0.5, 0.6) is 11.5 Å². The highest BCUT2D eigenvalue weighted by atomic mass is 32.2. The molecule has 0 saturated heterocycles. The van der Waals surface area contributed by atoms with Crippen LogP contribution in [-0.4, -0.2) is 30.0 Å². The minimum atomic E-state index is -0.543. The molecule has 1 aliphatic carbocycles. The Balaban J connectivity index is 1.40. The summed E-state index contributed by atoms with van der Waals surface area (Å²) in [7, 11) is 0. The zero-order chi connectivity index (χ0) is 25.2. The zero-order valence-electron chi connectivity index (χ0n) is 19.6. The number of ether oxygens (including phenoxy) is 2. The average molecular weight is 502 g/mol. The van der Waals surface area contributed by atoms with E-state index in [1.54, 1.807) is 30.3 Å². The van der Waals surface area contributed by atoms with Crippen molar-refractivity contribution in [3.63, 3.8) is 0 Å². The minimum absolute atomic E-state index is 0.0231. The number of benzene rings is 2. The molecule has 8 nitrogen and oxygen atoms in total. The molecule has 2 heterocycles. The van der Waals surface area contributed by atoms with E-state index in [4.69, 9.17) is 9.47 Å². The molecular formula is C27H23N3O5S. The number of anilines is 1. The van der Waals surface area contributed by atoms with Crippen molar-refractivity contribution in [2.24, 2.45) is 0 Å². The first-order chi connectivity index (χ1) is 17.4. The average Bonchev–Trinajstić information content (AvgIpc) is 3.35. The van der Waals surface area contributed by atoms with Crippen molar-refractivity contribution in [3.8, 4) is 17.6 Å². The summed E-state index contributed by atoms with van der Waals surface area (Å²) in [5.74, 6) is 0.455. The van der Waals surface area contributed by atoms with Gasteiger partial charge in [0.1, 0.15) is 0 Å². The summed E-state index contributed by atoms with van der Waals surface area (Å²) in [6.07, 6.45) is 1.86. The Hall–Kier alpha value is -4.03. The number of carbonyl (C=O) groups excluding carboxylic acids is 3. The van der Waals surface area contributed by atoms with Gasteiger partial charge in [0.25, 0.3) is 0 Å². The molecule has 3 aliphatic rings. The number of ketones is 2. The van der Waals surface area contributed by atoms with Crippen LogP contribution in [0.2, 0.25) is 0 Å². The smallest absolute Gasteiger partial charge is 0.234 e. The number of carbonyl (C=O) groups is 3. The maximum absolute atomic E-state index is 13.0. The fourth-order valence-electron chi connectivity index (χ4n) is 4.59. The maximum atomic E-state index is 13.0. The van der Waals surface area contributed by atoms with Crippen LogP contribution in [0.1, 0.15) is 48.0 Å². The van der Waals surface area contributed by atoms with E-state index in [9.17, 15) is 19.6 Å². The molecule has 2 aromatic carbocycles. The maximum Gasteiger partial charge on any atom is 0.234 e. The van der Waals surface area contributed by atoms with Crippen LogP contribution >= 0.6 is 11.8 Å². The third kappa shape index (κ3) is 4.60. The zero-order valence-corrected chi connectivity index (χ0v) is 20.4. The third-order valence-corrected chi connectivity index (χ3v) is 7.33. The Morgan fingerprint density at radius 3 is 2.67 bits per heavy atom. The molecule has 2 aromatic rings. The Bertz CT molecular complexity index is 1370. The largest absolute Gasteiger partial charge is 0.454 e. The number of hydrogen-bond donors (Lipinski definition) is 2. The van der Waals surface area contributed by atoms with Gasteiger partial charge in [0.05, 0.1) is 28.3 Å². The number of Topliss-reactive ketones (excluding diaryl/α,β-unsaturated/α-hetero) is 2. The van der Waals surface area contributed by atoms with Crippen LogP contribution in [0.4, 0.5) is 5.69 Å². The number of allylic oxidation sites excluding steroid dienone is 3. The monoisotopic (exact) mass is 501 g/mol. The highest BCUT2D eigenvalue weighted by Gasteiger charge is 2.37. The van der Waals surface area contributed by atoms with Crippen molar-refractivity contribution in [1.82, 2.24) is 5.32 Å². The second kappa shape index (κ2) is 9.91. The number of thioether (sulfide) groups is 1. The molecule has 0 bridgehead atoms. The lowest BCUT2D eigenvalue weighted by molar-refractivity contribution is -0.116. The number of amides is 1. The van der Waals surface area contributed by atoms with E-state index in [2.05, 4.69) is 16.7 Å². The topological polar surface area (TPSA) is 118 Å². The number of dihydropyridines is 1. The van der Waals surface area contributed by atoms with E-state index in [0.29, 0.717) is 51.8 Å². The number of nitrogens with zero attached hydrogens (tertiary/aromatic N) is 1. The molecule has 0 unspecified atom stereocenters. The summed E-state index contributed by atoms with van der Waals surface area (Å²) in [6.45, 7) is 1.62. The second-order valence-electron chi connectivity index (χ2n) is 8.66. The molecule has 0 saturated carbocycles. The van der Waals surface area contributed by atoms with Crippen molar-refractivity contribution < 1.29 is 23.9 Å². The van der Waals surface area contributed by atoms with Gasteiger partial charge in [-0.05, 0) is 61.7 Å². The molecule has 36 heavy (non-hydrogen) atoms. The van der Waals surface area contributed by atoms with E-state index in [-0.39, 0.29) is 30.0 Å². The van der Waals surface area contributed by atoms with Gasteiger partial charge in [-0.1, -0.05) is 17.8 Å². The first-order valence-corrected chi connectivity index (χ1v) is 12.5. The molecule has 0 aromatic heterocycles. The second-order valence-corrected chi connectivity index (χ2v) is 9.65. The third-order valence-electron chi connectivity index (χ3n) is 6.32. The number of hydrogen-bond acceptors (Lipinski definition) is 8. The summed E-state index contributed by atoms with van der Waals surface area (Å²) >= 11 is 1.22. The molecular weight excluding hydrogens is 478 g/mol. The fraction of sp³-hybridized carbons (Fsp3) is 0.259. The van der Waals surface area contributed by atoms with Crippen molar-refractivity contribution in [2.75, 3.05) is 17.9 Å². The van der Waals surface area contributed by atoms with Crippen LogP contribution in [0, 0.1) is 11.3 Å². The van der Waals surface area contributed by atoms with Gasteiger partial charge in [-0.25, -0.2) is 0 Å². The van der Waals surface area contributed by atoms with Crippen LogP contribution in [-0.2, 0) is 9.59 Å². The normalized spacial score (nSPS) is 18.3. The van der Waals surface area contributed by atoms with Crippen LogP contribution in [0.25, 0.3) is 0 Å². The lowest BCUT2D eigenvalue weighted by Gasteiger charge is -2.33. The molecule has 0 fully saturated rings. The summed E-state index contributed by atoms with van der Waals surface area (Å²) in [6, 6.07) is 14.4. The van der Waals surface area contributed by atoms with E-state index in [1.165, 1.54) is 18.7 Å². The molecule has 182 valence electrons. The Labute approximate surface area is 212 Å². The fourth-order valence-corrected chi connectivity index (χ4v) is 5.45. The van der Waals surface area contributed by atoms with Crippen molar-refractivity contribution in [2.45, 2.75) is 32.1 Å². The molecule has 0 spiro atoms. The number of rotatable bonds is 6. The Kier molecular flexibility index (Phi) is 6.53. The predicted molar refractivity (Wildman–Crippen MR) is 134 cm³/mol. The van der Waals surface area contributed by atoms with Crippen LogP contribution < -0.4 is 20.1 Å². The van der Waals surface area contributed by atoms with Gasteiger partial charge in [0, 0.05) is 28.9 Å². The molecule has 1 atom stereocenters. The summed E-state index contributed by atoms with van der Waals surface area (Å²) < 4.78 is 10.9. The standard InChI is InChI=1S/C27H23N3O5S/c1-15(31)16-5-8-18(9-6-16)29-24(33)13-36-27-19(12-28)25(26-20(30-27)3-2-4-21(26)32)17-7-10-22-23(11-17)35-14-34-22/h5-11,25,30H,2-4,13-14H2,1H3,(H,29,33)/t25-/m1/s1. The van der Waals surface area contributed by atoms with E-state index in [1.807, 2.05) is 12.1 Å². The first-order valence-electron chi connectivity index (χ1n) is 11.6. The highest BCUT2D eigenvalue weighted by molar-refractivity contribution is 8.03. The molecule has 1 amide bonds. The van der Waals surface area contributed by atoms with Crippen molar-refractivity contribution in [3.05, 3.63) is 75.5 Å². The molecule has 2 aliphatic heterocycles. The molecule has 5 rings (SSSR count). The molecule has 0 radical (unpaired) electrons. The van der Waals surface area contributed by atoms with Crippen LogP contribution in [0.15, 0.2) is 64.3 Å². The van der Waals surface area contributed by atoms with Gasteiger partial charge in [0.15, 0.2) is 23.1 Å². The summed E-state index contributed by atoms with van der Waals surface area (Å²) in [5.41, 5.74) is 3.72. The minimum Gasteiger partial charge on any atom is -0.454 e. The van der Waals surface area contributed by atoms with Gasteiger partial charge in [0.2, 0.25) is 12.7 Å². The molecule has 9 heteroatoms. The van der Waals surface area contributed by atoms with Gasteiger partial charge >= 0.3 is 0 Å². The van der Waals surface area contributed by atoms with Gasteiger partial charge < -0.3 is 20.1 Å². The van der Waals surface area contributed by atoms with Crippen LogP contribution in [0.3, 0.4) is 0 Å². The first kappa shape index (κ1) is 23.7. The predicted octanol–water partition coefficient (Wildman–Crippen LogP) is 4.42. The van der Waals surface area contributed by atoms with E-state index < -0.39 is 5.92 Å². The lowest BCUT2D eigenvalue weighted by Crippen LogP contribution is -2.31. The number of nitrogens with one attached hydrogen (secondary N) is 2. The number of nitriles is 1. The quantitative estimate of drug-likeness (QED) is 0.559. The molecule has 2 N–H and O–H groups in total. The Morgan fingerprint density at radius 1 is 1.14 bits per heavy atom. The lowest BCUT2D eigenvalue weighted by atomic mass is 9.77. The summed E-state index contributed by atoms with van der Waals surface area (Å²) in [4.78, 5) is 37.1. The van der Waals surface area contributed by atoms with E-state index in [0.717, 1.165) is 17.7 Å². The van der Waals surface area contributed by atoms with Crippen molar-refractivity contribution >= 4 is 34.9 Å². The highest BCUT2D eigenvalue weighted by Crippen LogP contribution is 2.46.